The Hall–Kier alpha value is -5.85. The third-order valence-corrected chi connectivity index (χ3v) is 9.72. The van der Waals surface area contributed by atoms with E-state index in [0.29, 0.717) is 54.7 Å². The number of unbranched alkanes of at least 4 members (excludes halogenated alkanes) is 1. The van der Waals surface area contributed by atoms with Gasteiger partial charge in [-0.3, -0.25) is 0 Å². The van der Waals surface area contributed by atoms with Crippen molar-refractivity contribution in [1.82, 2.24) is 0 Å². The Balaban J connectivity index is 1.06. The molecule has 56 heavy (non-hydrogen) atoms. The van der Waals surface area contributed by atoms with Crippen LogP contribution in [-0.4, -0.2) is 27.1 Å². The number of alkyl halides is 3. The Morgan fingerprint density at radius 2 is 1.25 bits per heavy atom. The summed E-state index contributed by atoms with van der Waals surface area (Å²) in [5.74, 6) is 3.39. The number of fused-ring (bicyclic) bond motifs is 6. The molecule has 0 saturated carbocycles. The van der Waals surface area contributed by atoms with E-state index in [1.807, 2.05) is 61.5 Å². The molecule has 0 N–H and O–H groups in total. The number of methoxy groups -OCH3 is 1. The van der Waals surface area contributed by atoms with Crippen LogP contribution < -0.4 is 43.9 Å². The first-order chi connectivity index (χ1) is 27.1. The maximum atomic E-state index is 13.1. The van der Waals surface area contributed by atoms with E-state index >= 15 is 0 Å². The summed E-state index contributed by atoms with van der Waals surface area (Å²) in [5, 5.41) is 2.49. The van der Waals surface area contributed by atoms with Crippen molar-refractivity contribution in [2.24, 2.45) is 9.98 Å². The lowest BCUT2D eigenvalue weighted by molar-refractivity contribution is -0.137. The Morgan fingerprint density at radius 1 is 0.625 bits per heavy atom. The summed E-state index contributed by atoms with van der Waals surface area (Å²) in [7, 11) is 1.60. The minimum absolute atomic E-state index is 0.135. The van der Waals surface area contributed by atoms with E-state index in [1.54, 1.807) is 19.2 Å². The topological polar surface area (TPSA) is 89.3 Å². The summed E-state index contributed by atoms with van der Waals surface area (Å²) in [6, 6.07) is 24.7. The lowest BCUT2D eigenvalue weighted by atomic mass is 10.1. The van der Waals surface area contributed by atoms with E-state index < -0.39 is 11.7 Å². The van der Waals surface area contributed by atoms with Gasteiger partial charge in [0.2, 0.25) is 6.79 Å². The van der Waals surface area contributed by atoms with Crippen LogP contribution in [0.25, 0.3) is 10.8 Å². The predicted octanol–water partition coefficient (Wildman–Crippen LogP) is 11.2. The molecule has 6 aromatic rings. The number of nitrogens with zero attached hydrogens (tertiary/aromatic N) is 2. The normalized spacial score (nSPS) is 12.4. The molecule has 0 saturated heterocycles. The molecule has 0 fully saturated rings. The number of rotatable bonds is 12. The second-order valence-electron chi connectivity index (χ2n) is 12.8. The number of halogens is 5. The largest absolute Gasteiger partial charge is 0.497 e. The minimum Gasteiger partial charge on any atom is -0.497 e. The predicted molar refractivity (Wildman–Crippen MR) is 204 cm³/mol. The van der Waals surface area contributed by atoms with Gasteiger partial charge in [-0.25, -0.2) is 9.98 Å². The molecule has 0 aromatic heterocycles. The van der Waals surface area contributed by atoms with Crippen LogP contribution in [0.15, 0.2) is 101 Å². The lowest BCUT2D eigenvalue weighted by Gasteiger charge is -2.22. The first-order valence-corrected chi connectivity index (χ1v) is 18.2. The third-order valence-electron chi connectivity index (χ3n) is 9.01. The fourth-order valence-corrected chi connectivity index (χ4v) is 6.60. The Morgan fingerprint density at radius 3 is 1.96 bits per heavy atom. The van der Waals surface area contributed by atoms with E-state index in [9.17, 15) is 13.2 Å². The minimum atomic E-state index is -4.47. The van der Waals surface area contributed by atoms with Crippen LogP contribution in [0.4, 0.5) is 24.5 Å². The zero-order valence-electron chi connectivity index (χ0n) is 29.8. The van der Waals surface area contributed by atoms with Gasteiger partial charge in [0.05, 0.1) is 25.9 Å². The summed E-state index contributed by atoms with van der Waals surface area (Å²) in [4.78, 5) is 9.61. The molecule has 2 aliphatic heterocycles. The smallest absolute Gasteiger partial charge is 0.416 e. The van der Waals surface area contributed by atoms with Crippen molar-refractivity contribution in [1.29, 1.82) is 0 Å². The zero-order chi connectivity index (χ0) is 39.0. The molecule has 0 bridgehead atoms. The molecule has 0 spiro atoms. The quantitative estimate of drug-likeness (QED) is 0.0897. The van der Waals surface area contributed by atoms with Crippen LogP contribution in [-0.2, 0) is 6.18 Å². The fraction of sp³-hybridized carbons (Fsp3) is 0.190. The van der Waals surface area contributed by atoms with Gasteiger partial charge in [0.15, 0.2) is 34.5 Å². The van der Waals surface area contributed by atoms with Crippen molar-refractivity contribution in [3.8, 4) is 51.7 Å². The van der Waals surface area contributed by atoms with Gasteiger partial charge in [0, 0.05) is 17.5 Å². The molecule has 14 heteroatoms. The molecule has 2 aliphatic rings. The molecule has 6 aromatic carbocycles. The van der Waals surface area contributed by atoms with Gasteiger partial charge in [-0.2, -0.15) is 13.2 Å². The van der Waals surface area contributed by atoms with Gasteiger partial charge in [0.1, 0.15) is 49.4 Å². The summed E-state index contributed by atoms with van der Waals surface area (Å²) in [5.41, 5.74) is 1.27. The van der Waals surface area contributed by atoms with Crippen molar-refractivity contribution in [2.75, 3.05) is 27.1 Å². The molecule has 0 aliphatic carbocycles. The Kier molecular flexibility index (Phi) is 10.2. The molecular formula is C42H31Cl2F3N2O7. The average Bonchev–Trinajstić information content (AvgIpc) is 3.20. The summed E-state index contributed by atoms with van der Waals surface area (Å²) < 4.78 is 80.8. The van der Waals surface area contributed by atoms with Crippen molar-refractivity contribution in [3.63, 3.8) is 0 Å². The standard InChI is InChI=1S/C42H31Cl2F3N2O7/c1-23-5-10-26(11-6-23)51-17-3-4-18-52-33-20-31-32(21-34(33)54-22-53-27-12-8-25(9-13-27)42(45,46)47)55-40-35(43)38-41(36(44)37(40)49-31)56-39-29-15-14-28(50-2)19-24(29)7-16-30(39)48-38/h5-16,19-21H,3-4,17-18,22H2,1-2H3. The zero-order valence-corrected chi connectivity index (χ0v) is 31.3. The number of ether oxygens (including phenoxy) is 7. The highest BCUT2D eigenvalue weighted by molar-refractivity contribution is 6.35. The molecule has 2 heterocycles. The van der Waals surface area contributed by atoms with Gasteiger partial charge >= 0.3 is 6.18 Å². The average molecular weight is 804 g/mol. The van der Waals surface area contributed by atoms with E-state index in [2.05, 4.69) is 0 Å². The van der Waals surface area contributed by atoms with E-state index in [0.717, 1.165) is 34.2 Å². The van der Waals surface area contributed by atoms with Crippen LogP contribution >= 0.6 is 23.2 Å². The molecule has 286 valence electrons. The highest BCUT2D eigenvalue weighted by atomic mass is 35.5. The van der Waals surface area contributed by atoms with Crippen molar-refractivity contribution in [2.45, 2.75) is 25.9 Å². The van der Waals surface area contributed by atoms with E-state index in [4.69, 9.17) is 66.3 Å². The summed E-state index contributed by atoms with van der Waals surface area (Å²) >= 11 is 13.9. The molecule has 8 rings (SSSR count). The first kappa shape index (κ1) is 37.1. The number of hydrogen-bond donors (Lipinski definition) is 0. The van der Waals surface area contributed by atoms with Gasteiger partial charge < -0.3 is 33.2 Å². The Labute approximate surface area is 328 Å². The molecular weight excluding hydrogens is 772 g/mol. The van der Waals surface area contributed by atoms with Gasteiger partial charge in [-0.05, 0) is 85.8 Å². The van der Waals surface area contributed by atoms with Crippen LogP contribution in [0.1, 0.15) is 24.0 Å². The maximum Gasteiger partial charge on any atom is 0.416 e. The number of benzene rings is 6. The van der Waals surface area contributed by atoms with Gasteiger partial charge in [-0.15, -0.1) is 0 Å². The second-order valence-corrected chi connectivity index (χ2v) is 13.6. The molecule has 0 amide bonds. The third kappa shape index (κ3) is 7.54. The SMILES string of the molecule is COc1ccc2c3c(ccc2c1)N=c1c(Cl)c2c(c(Cl)c1O3)=Nc1cc(OCCCCOc3ccc(C)cc3)c(OCOc3ccc(C(F)(F)F)cc3)cc1O2. The van der Waals surface area contributed by atoms with Crippen LogP contribution in [0.2, 0.25) is 10.0 Å². The van der Waals surface area contributed by atoms with Crippen molar-refractivity contribution < 1.29 is 46.3 Å². The molecule has 0 radical (unpaired) electrons. The lowest BCUT2D eigenvalue weighted by Crippen LogP contribution is -2.22. The summed E-state index contributed by atoms with van der Waals surface area (Å²) in [6.07, 6.45) is -3.11. The number of aryl methyl sites for hydroxylation is 1. The fourth-order valence-electron chi connectivity index (χ4n) is 6.09. The first-order valence-electron chi connectivity index (χ1n) is 17.4. The van der Waals surface area contributed by atoms with E-state index in [1.165, 1.54) is 12.1 Å². The monoisotopic (exact) mass is 802 g/mol. The highest BCUT2D eigenvalue weighted by Crippen LogP contribution is 2.48. The van der Waals surface area contributed by atoms with Crippen LogP contribution in [0.5, 0.6) is 51.7 Å². The molecule has 0 atom stereocenters. The second kappa shape index (κ2) is 15.4. The van der Waals surface area contributed by atoms with E-state index in [-0.39, 0.29) is 56.3 Å². The van der Waals surface area contributed by atoms with Gasteiger partial charge in [0.25, 0.3) is 0 Å². The maximum absolute atomic E-state index is 13.1. The van der Waals surface area contributed by atoms with Crippen molar-refractivity contribution in [3.05, 3.63) is 123 Å². The highest BCUT2D eigenvalue weighted by Gasteiger charge is 2.31. The van der Waals surface area contributed by atoms with Crippen LogP contribution in [0, 0.1) is 6.92 Å². The van der Waals surface area contributed by atoms with Crippen molar-refractivity contribution >= 4 is 45.3 Å². The summed E-state index contributed by atoms with van der Waals surface area (Å²) in [6.45, 7) is 2.46. The number of hydrogen-bond acceptors (Lipinski definition) is 9. The molecule has 0 unspecified atom stereocenters. The Bertz CT molecular complexity index is 2590. The molecule has 9 nitrogen and oxygen atoms in total. The van der Waals surface area contributed by atoms with Crippen LogP contribution in [0.3, 0.4) is 0 Å². The van der Waals surface area contributed by atoms with Gasteiger partial charge in [-0.1, -0.05) is 47.0 Å².